The number of para-hydroxylation sites is 2. The zero-order chi connectivity index (χ0) is 21.6. The number of rotatable bonds is 6. The van der Waals surface area contributed by atoms with Gasteiger partial charge in [0.05, 0.1) is 24.8 Å². The molecule has 1 heterocycles. The van der Waals surface area contributed by atoms with Gasteiger partial charge >= 0.3 is 0 Å². The fraction of sp³-hybridized carbons (Fsp3) is 0.200. The number of nitrogens with one attached hydrogen (secondary N) is 2. The minimum absolute atomic E-state index is 0.115. The van der Waals surface area contributed by atoms with Gasteiger partial charge < -0.3 is 20.3 Å². The number of hydrogen-bond donors (Lipinski definition) is 2. The number of benzene rings is 3. The van der Waals surface area contributed by atoms with Crippen molar-refractivity contribution < 1.29 is 14.3 Å². The second-order valence-electron chi connectivity index (χ2n) is 7.39. The van der Waals surface area contributed by atoms with Crippen molar-refractivity contribution in [2.45, 2.75) is 12.1 Å². The molecule has 3 aromatic carbocycles. The highest BCUT2D eigenvalue weighted by Crippen LogP contribution is 2.33. The number of carbonyl (C=O) groups excluding carboxylic acids is 2. The highest BCUT2D eigenvalue weighted by molar-refractivity contribution is 5.86. The Kier molecular flexibility index (Phi) is 6.17. The highest BCUT2D eigenvalue weighted by Gasteiger charge is 2.31. The first-order chi connectivity index (χ1) is 15.2. The van der Waals surface area contributed by atoms with Crippen LogP contribution in [0.25, 0.3) is 0 Å². The van der Waals surface area contributed by atoms with E-state index in [1.165, 1.54) is 0 Å². The van der Waals surface area contributed by atoms with Crippen molar-refractivity contribution in [3.63, 3.8) is 0 Å². The number of nitrogens with zero attached hydrogens (tertiary/aromatic N) is 1. The van der Waals surface area contributed by atoms with Crippen molar-refractivity contribution in [2.24, 2.45) is 0 Å². The summed E-state index contributed by atoms with van der Waals surface area (Å²) in [4.78, 5) is 27.2. The van der Waals surface area contributed by atoms with Crippen LogP contribution in [0.3, 0.4) is 0 Å². The second-order valence-corrected chi connectivity index (χ2v) is 7.39. The summed E-state index contributed by atoms with van der Waals surface area (Å²) in [5.74, 6) is 0.245. The Hall–Kier alpha value is -3.80. The molecule has 0 bridgehead atoms. The maximum absolute atomic E-state index is 13.1. The molecule has 0 fully saturated rings. The molecule has 0 unspecified atom stereocenters. The van der Waals surface area contributed by atoms with Crippen molar-refractivity contribution in [3.8, 4) is 5.75 Å². The average Bonchev–Trinajstić information content (AvgIpc) is 2.83. The van der Waals surface area contributed by atoms with Crippen molar-refractivity contribution >= 4 is 17.5 Å². The number of hydrogen-bond acceptors (Lipinski definition) is 4. The maximum Gasteiger partial charge on any atom is 0.262 e. The number of carbonyl (C=O) groups is 2. The van der Waals surface area contributed by atoms with E-state index in [2.05, 4.69) is 10.6 Å². The Morgan fingerprint density at radius 1 is 0.935 bits per heavy atom. The molecule has 6 heteroatoms. The number of ether oxygens (including phenoxy) is 1. The summed E-state index contributed by atoms with van der Waals surface area (Å²) >= 11 is 0. The summed E-state index contributed by atoms with van der Waals surface area (Å²) in [7, 11) is 1.58. The van der Waals surface area contributed by atoms with Crippen LogP contribution in [0.1, 0.15) is 17.2 Å². The fourth-order valence-electron chi connectivity index (χ4n) is 3.78. The minimum atomic E-state index is -0.674. The van der Waals surface area contributed by atoms with Crippen molar-refractivity contribution in [2.75, 3.05) is 25.0 Å². The number of fused-ring (bicyclic) bond motifs is 1. The van der Waals surface area contributed by atoms with Crippen LogP contribution < -0.4 is 20.3 Å². The van der Waals surface area contributed by atoms with E-state index in [9.17, 15) is 9.59 Å². The quantitative estimate of drug-likeness (QED) is 0.650. The van der Waals surface area contributed by atoms with E-state index in [0.717, 1.165) is 16.8 Å². The van der Waals surface area contributed by atoms with Crippen molar-refractivity contribution in [3.05, 3.63) is 96.1 Å². The molecule has 0 aliphatic carbocycles. The molecule has 1 atom stereocenters. The lowest BCUT2D eigenvalue weighted by Crippen LogP contribution is -2.50. The van der Waals surface area contributed by atoms with Crippen LogP contribution in [0.5, 0.6) is 5.75 Å². The summed E-state index contributed by atoms with van der Waals surface area (Å²) < 4.78 is 5.83. The Bertz CT molecular complexity index is 1000. The predicted octanol–water partition coefficient (Wildman–Crippen LogP) is 2.91. The lowest BCUT2D eigenvalue weighted by Gasteiger charge is -2.35. The molecule has 1 aliphatic heterocycles. The van der Waals surface area contributed by atoms with E-state index in [1.54, 1.807) is 7.05 Å². The lowest BCUT2D eigenvalue weighted by molar-refractivity contribution is -0.127. The Balaban J connectivity index is 1.55. The summed E-state index contributed by atoms with van der Waals surface area (Å²) in [5.41, 5.74) is 2.81. The molecule has 2 N–H and O–H groups in total. The van der Waals surface area contributed by atoms with Gasteiger partial charge in [-0.1, -0.05) is 72.8 Å². The average molecular weight is 415 g/mol. The highest BCUT2D eigenvalue weighted by atomic mass is 16.5. The molecule has 0 spiro atoms. The van der Waals surface area contributed by atoms with Gasteiger partial charge in [-0.3, -0.25) is 9.59 Å². The van der Waals surface area contributed by atoms with E-state index in [0.29, 0.717) is 12.3 Å². The van der Waals surface area contributed by atoms with E-state index in [1.807, 2.05) is 89.8 Å². The molecule has 2 amide bonds. The first-order valence-corrected chi connectivity index (χ1v) is 10.3. The minimum Gasteiger partial charge on any atom is -0.477 e. The molecule has 0 saturated heterocycles. The number of anilines is 1. The monoisotopic (exact) mass is 415 g/mol. The first kappa shape index (κ1) is 20.5. The van der Waals surface area contributed by atoms with Gasteiger partial charge in [0.2, 0.25) is 5.91 Å². The largest absolute Gasteiger partial charge is 0.477 e. The van der Waals surface area contributed by atoms with Crippen LogP contribution in [0, 0.1) is 0 Å². The van der Waals surface area contributed by atoms with Crippen LogP contribution >= 0.6 is 0 Å². The number of amides is 2. The van der Waals surface area contributed by atoms with Crippen LogP contribution in [0.2, 0.25) is 0 Å². The zero-order valence-corrected chi connectivity index (χ0v) is 17.3. The van der Waals surface area contributed by atoms with Crippen LogP contribution in [0.15, 0.2) is 84.9 Å². The van der Waals surface area contributed by atoms with E-state index in [4.69, 9.17) is 4.74 Å². The smallest absolute Gasteiger partial charge is 0.262 e. The summed E-state index contributed by atoms with van der Waals surface area (Å²) in [6, 6.07) is 27.0. The van der Waals surface area contributed by atoms with Gasteiger partial charge in [-0.05, 0) is 23.3 Å². The van der Waals surface area contributed by atoms with Crippen molar-refractivity contribution in [1.82, 2.24) is 10.6 Å². The molecule has 0 radical (unpaired) electrons. The topological polar surface area (TPSA) is 70.7 Å². The molecular formula is C25H25N3O3. The van der Waals surface area contributed by atoms with Gasteiger partial charge in [0, 0.05) is 7.05 Å². The van der Waals surface area contributed by atoms with E-state index < -0.39 is 6.10 Å². The summed E-state index contributed by atoms with van der Waals surface area (Å²) in [6.07, 6.45) is -0.674. The van der Waals surface area contributed by atoms with Gasteiger partial charge in [0.15, 0.2) is 6.10 Å². The van der Waals surface area contributed by atoms with Gasteiger partial charge in [-0.25, -0.2) is 0 Å². The SMILES string of the molecule is CNC(=O)[C@H]1CN(CC(=O)NC(c2ccccc2)c2ccccc2)c2ccccc2O1. The summed E-state index contributed by atoms with van der Waals surface area (Å²) in [5, 5.41) is 5.79. The van der Waals surface area contributed by atoms with Gasteiger partial charge in [0.1, 0.15) is 5.75 Å². The van der Waals surface area contributed by atoms with Gasteiger partial charge in [-0.15, -0.1) is 0 Å². The molecular weight excluding hydrogens is 390 g/mol. The zero-order valence-electron chi connectivity index (χ0n) is 17.3. The molecule has 0 saturated carbocycles. The number of likely N-dealkylation sites (N-methyl/N-ethyl adjacent to an activating group) is 1. The van der Waals surface area contributed by atoms with Crippen LogP contribution in [-0.2, 0) is 9.59 Å². The second kappa shape index (κ2) is 9.34. The third kappa shape index (κ3) is 4.69. The van der Waals surface area contributed by atoms with E-state index in [-0.39, 0.29) is 24.4 Å². The normalized spacial score (nSPS) is 15.0. The Morgan fingerprint density at radius 2 is 1.52 bits per heavy atom. The predicted molar refractivity (Wildman–Crippen MR) is 120 cm³/mol. The van der Waals surface area contributed by atoms with Crippen LogP contribution in [0.4, 0.5) is 5.69 Å². The maximum atomic E-state index is 13.1. The third-order valence-electron chi connectivity index (χ3n) is 5.31. The molecule has 0 aromatic heterocycles. The molecule has 6 nitrogen and oxygen atoms in total. The standard InChI is InChI=1S/C25H25N3O3/c1-26-25(30)22-16-28(20-14-8-9-15-21(20)31-22)17-23(29)27-24(18-10-4-2-5-11-18)19-12-6-3-7-13-19/h2-15,22,24H,16-17H2,1H3,(H,26,30)(H,27,29)/t22-/m1/s1. The van der Waals surface area contributed by atoms with E-state index >= 15 is 0 Å². The van der Waals surface area contributed by atoms with Crippen LogP contribution in [-0.4, -0.2) is 38.1 Å². The Morgan fingerprint density at radius 3 is 2.13 bits per heavy atom. The first-order valence-electron chi connectivity index (χ1n) is 10.3. The third-order valence-corrected chi connectivity index (χ3v) is 5.31. The molecule has 3 aromatic rings. The molecule has 1 aliphatic rings. The van der Waals surface area contributed by atoms with Crippen molar-refractivity contribution in [1.29, 1.82) is 0 Å². The molecule has 4 rings (SSSR count). The fourth-order valence-corrected chi connectivity index (χ4v) is 3.78. The molecule has 158 valence electrons. The Labute approximate surface area is 181 Å². The summed E-state index contributed by atoms with van der Waals surface area (Å²) in [6.45, 7) is 0.412. The van der Waals surface area contributed by atoms with Gasteiger partial charge in [0.25, 0.3) is 5.91 Å². The van der Waals surface area contributed by atoms with Gasteiger partial charge in [-0.2, -0.15) is 0 Å². The lowest BCUT2D eigenvalue weighted by atomic mass is 9.98. The molecule has 31 heavy (non-hydrogen) atoms.